The average Bonchev–Trinajstić information content (AvgIpc) is 2.45. The number of alkyl halides is 2. The predicted octanol–water partition coefficient (Wildman–Crippen LogP) is 4.90. The molecule has 0 radical (unpaired) electrons. The Hall–Kier alpha value is -1.46. The maximum absolute atomic E-state index is 12.4. The second kappa shape index (κ2) is 7.52. The van der Waals surface area contributed by atoms with Crippen molar-refractivity contribution < 1.29 is 13.5 Å². The monoisotopic (exact) mass is 355 g/mol. The first kappa shape index (κ1) is 15.9. The minimum absolute atomic E-state index is 0.0992. The Balaban J connectivity index is 2.02. The lowest BCUT2D eigenvalue weighted by molar-refractivity contribution is -0.0505. The minimum Gasteiger partial charge on any atom is -0.434 e. The summed E-state index contributed by atoms with van der Waals surface area (Å²) in [5.41, 5.74) is 1.83. The lowest BCUT2D eigenvalue weighted by atomic mass is 10.1. The van der Waals surface area contributed by atoms with Gasteiger partial charge in [-0.2, -0.15) is 8.78 Å². The molecule has 0 unspecified atom stereocenters. The summed E-state index contributed by atoms with van der Waals surface area (Å²) in [5.74, 6) is 0.210. The van der Waals surface area contributed by atoms with E-state index in [9.17, 15) is 8.78 Å². The molecule has 1 atom stereocenters. The van der Waals surface area contributed by atoms with E-state index in [-0.39, 0.29) is 11.8 Å². The average molecular weight is 356 g/mol. The molecular formula is C16H16BrF2NO. The molecule has 0 spiro atoms. The molecule has 21 heavy (non-hydrogen) atoms. The van der Waals surface area contributed by atoms with Crippen molar-refractivity contribution >= 4 is 15.9 Å². The standard InChI is InChI=1S/C16H16BrF2NO/c1-11(12-6-4-7-14(17)9-12)20-10-13-5-2-3-8-15(13)21-16(18)19/h2-9,11,16,20H,10H2,1H3/t11-/m0/s1. The van der Waals surface area contributed by atoms with E-state index >= 15 is 0 Å². The van der Waals surface area contributed by atoms with Gasteiger partial charge in [0.2, 0.25) is 0 Å². The van der Waals surface area contributed by atoms with Gasteiger partial charge in [-0.15, -0.1) is 0 Å². The van der Waals surface area contributed by atoms with E-state index < -0.39 is 6.61 Å². The highest BCUT2D eigenvalue weighted by Gasteiger charge is 2.10. The lowest BCUT2D eigenvalue weighted by Crippen LogP contribution is -2.19. The van der Waals surface area contributed by atoms with Gasteiger partial charge in [-0.3, -0.25) is 0 Å². The number of nitrogens with one attached hydrogen (secondary N) is 1. The molecule has 0 aromatic heterocycles. The third-order valence-corrected chi connectivity index (χ3v) is 3.63. The van der Waals surface area contributed by atoms with E-state index in [1.54, 1.807) is 24.3 Å². The van der Waals surface area contributed by atoms with Crippen LogP contribution < -0.4 is 10.1 Å². The molecule has 0 bridgehead atoms. The van der Waals surface area contributed by atoms with Crippen molar-refractivity contribution in [2.24, 2.45) is 0 Å². The smallest absolute Gasteiger partial charge is 0.387 e. The zero-order chi connectivity index (χ0) is 15.2. The van der Waals surface area contributed by atoms with Crippen LogP contribution in [0.15, 0.2) is 53.0 Å². The van der Waals surface area contributed by atoms with E-state index in [0.717, 1.165) is 10.0 Å². The molecule has 0 fully saturated rings. The number of rotatable bonds is 6. The van der Waals surface area contributed by atoms with Gasteiger partial charge in [-0.1, -0.05) is 46.3 Å². The van der Waals surface area contributed by atoms with Crippen molar-refractivity contribution in [3.8, 4) is 5.75 Å². The van der Waals surface area contributed by atoms with Gasteiger partial charge in [0.05, 0.1) is 0 Å². The predicted molar refractivity (Wildman–Crippen MR) is 82.5 cm³/mol. The zero-order valence-corrected chi connectivity index (χ0v) is 13.1. The van der Waals surface area contributed by atoms with Crippen LogP contribution in [0.4, 0.5) is 8.78 Å². The maximum atomic E-state index is 12.4. The number of halogens is 3. The van der Waals surface area contributed by atoms with Gasteiger partial charge in [-0.25, -0.2) is 0 Å². The second-order valence-electron chi connectivity index (χ2n) is 4.64. The number of benzene rings is 2. The molecule has 0 aliphatic carbocycles. The fourth-order valence-corrected chi connectivity index (χ4v) is 2.43. The van der Waals surface area contributed by atoms with Gasteiger partial charge in [0.15, 0.2) is 0 Å². The number of para-hydroxylation sites is 1. The van der Waals surface area contributed by atoms with Crippen LogP contribution in [-0.2, 0) is 6.54 Å². The zero-order valence-electron chi connectivity index (χ0n) is 11.5. The van der Waals surface area contributed by atoms with E-state index in [0.29, 0.717) is 12.1 Å². The molecule has 2 aromatic rings. The van der Waals surface area contributed by atoms with Gasteiger partial charge < -0.3 is 10.1 Å². The Morgan fingerprint density at radius 2 is 1.90 bits per heavy atom. The Morgan fingerprint density at radius 3 is 2.62 bits per heavy atom. The Kier molecular flexibility index (Phi) is 5.70. The van der Waals surface area contributed by atoms with Gasteiger partial charge in [0, 0.05) is 22.6 Å². The van der Waals surface area contributed by atoms with E-state index in [1.165, 1.54) is 0 Å². The van der Waals surface area contributed by atoms with Crippen molar-refractivity contribution in [3.63, 3.8) is 0 Å². The highest BCUT2D eigenvalue weighted by atomic mass is 79.9. The number of hydrogen-bond acceptors (Lipinski definition) is 2. The molecule has 2 rings (SSSR count). The van der Waals surface area contributed by atoms with Gasteiger partial charge in [0.25, 0.3) is 0 Å². The first-order valence-electron chi connectivity index (χ1n) is 6.58. The van der Waals surface area contributed by atoms with Crippen LogP contribution in [0.25, 0.3) is 0 Å². The summed E-state index contributed by atoms with van der Waals surface area (Å²) in [5, 5.41) is 3.31. The summed E-state index contributed by atoms with van der Waals surface area (Å²) < 4.78 is 30.3. The number of ether oxygens (including phenoxy) is 1. The van der Waals surface area contributed by atoms with E-state index in [1.807, 2.05) is 31.2 Å². The third kappa shape index (κ3) is 4.79. The molecule has 0 aliphatic heterocycles. The van der Waals surface area contributed by atoms with Crippen molar-refractivity contribution in [1.29, 1.82) is 0 Å². The first-order chi connectivity index (χ1) is 10.1. The molecule has 0 heterocycles. The summed E-state index contributed by atoms with van der Waals surface area (Å²) >= 11 is 3.43. The lowest BCUT2D eigenvalue weighted by Gasteiger charge is -2.16. The molecule has 0 saturated heterocycles. The quantitative estimate of drug-likeness (QED) is 0.795. The van der Waals surface area contributed by atoms with Crippen LogP contribution in [0.1, 0.15) is 24.1 Å². The van der Waals surface area contributed by atoms with Crippen molar-refractivity contribution in [2.45, 2.75) is 26.1 Å². The normalized spacial score (nSPS) is 12.4. The summed E-state index contributed by atoms with van der Waals surface area (Å²) in [6.07, 6.45) is 0. The molecule has 2 nitrogen and oxygen atoms in total. The largest absolute Gasteiger partial charge is 0.434 e. The van der Waals surface area contributed by atoms with Crippen LogP contribution in [0.3, 0.4) is 0 Å². The molecule has 1 N–H and O–H groups in total. The first-order valence-corrected chi connectivity index (χ1v) is 7.37. The van der Waals surface area contributed by atoms with Crippen LogP contribution in [-0.4, -0.2) is 6.61 Å². The molecular weight excluding hydrogens is 340 g/mol. The molecule has 112 valence electrons. The fourth-order valence-electron chi connectivity index (χ4n) is 2.02. The Bertz CT molecular complexity index is 592. The molecule has 2 aromatic carbocycles. The van der Waals surface area contributed by atoms with Crippen LogP contribution in [0, 0.1) is 0 Å². The minimum atomic E-state index is -2.81. The van der Waals surface area contributed by atoms with Crippen molar-refractivity contribution in [3.05, 3.63) is 64.1 Å². The third-order valence-electron chi connectivity index (χ3n) is 3.14. The van der Waals surface area contributed by atoms with Gasteiger partial charge >= 0.3 is 6.61 Å². The molecule has 5 heteroatoms. The van der Waals surface area contributed by atoms with Gasteiger partial charge in [0.1, 0.15) is 5.75 Å². The summed E-state index contributed by atoms with van der Waals surface area (Å²) in [6, 6.07) is 14.9. The highest BCUT2D eigenvalue weighted by molar-refractivity contribution is 9.10. The fraction of sp³-hybridized carbons (Fsp3) is 0.250. The van der Waals surface area contributed by atoms with Crippen LogP contribution in [0.2, 0.25) is 0 Å². The molecule has 0 aliphatic rings. The summed E-state index contributed by atoms with van der Waals surface area (Å²) in [7, 11) is 0. The van der Waals surface area contributed by atoms with Crippen LogP contribution >= 0.6 is 15.9 Å². The van der Waals surface area contributed by atoms with Gasteiger partial charge in [-0.05, 0) is 30.7 Å². The Labute approximate surface area is 131 Å². The van der Waals surface area contributed by atoms with E-state index in [4.69, 9.17) is 0 Å². The number of hydrogen-bond donors (Lipinski definition) is 1. The maximum Gasteiger partial charge on any atom is 0.387 e. The molecule has 0 saturated carbocycles. The summed E-state index contributed by atoms with van der Waals surface area (Å²) in [6.45, 7) is -0.330. The summed E-state index contributed by atoms with van der Waals surface area (Å²) in [4.78, 5) is 0. The van der Waals surface area contributed by atoms with Crippen molar-refractivity contribution in [2.75, 3.05) is 0 Å². The second-order valence-corrected chi connectivity index (χ2v) is 5.56. The Morgan fingerprint density at radius 1 is 1.14 bits per heavy atom. The topological polar surface area (TPSA) is 21.3 Å². The van der Waals surface area contributed by atoms with Crippen molar-refractivity contribution in [1.82, 2.24) is 5.32 Å². The van der Waals surface area contributed by atoms with Crippen LogP contribution in [0.5, 0.6) is 5.75 Å². The molecule has 0 amide bonds. The highest BCUT2D eigenvalue weighted by Crippen LogP contribution is 2.22. The van der Waals surface area contributed by atoms with E-state index in [2.05, 4.69) is 26.0 Å². The SMILES string of the molecule is C[C@H](NCc1ccccc1OC(F)F)c1cccc(Br)c1.